The summed E-state index contributed by atoms with van der Waals surface area (Å²) < 4.78 is 6.51. The van der Waals surface area contributed by atoms with Crippen molar-refractivity contribution in [1.29, 1.82) is 0 Å². The summed E-state index contributed by atoms with van der Waals surface area (Å²) in [5, 5.41) is 11.1. The highest BCUT2D eigenvalue weighted by Gasteiger charge is 2.44. The molecule has 1 amide bonds. The van der Waals surface area contributed by atoms with Crippen LogP contribution in [0.5, 0.6) is 0 Å². The Morgan fingerprint density at radius 3 is 2.41 bits per heavy atom. The molecule has 2 aliphatic rings. The van der Waals surface area contributed by atoms with Crippen LogP contribution < -0.4 is 0 Å². The average molecular weight is 386 g/mol. The third-order valence-electron chi connectivity index (χ3n) is 5.71. The van der Waals surface area contributed by atoms with Gasteiger partial charge in [0, 0.05) is 36.5 Å². The van der Waals surface area contributed by atoms with E-state index in [9.17, 15) is 9.90 Å². The number of rotatable bonds is 2. The maximum atomic E-state index is 12.7. The summed E-state index contributed by atoms with van der Waals surface area (Å²) in [5.41, 5.74) is 1.41. The topological polar surface area (TPSA) is 49.8 Å². The van der Waals surface area contributed by atoms with E-state index in [2.05, 4.69) is 12.1 Å². The summed E-state index contributed by atoms with van der Waals surface area (Å²) in [4.78, 5) is 14.6. The molecular weight excluding hydrogens is 362 g/mol. The number of ether oxygens (including phenoxy) is 1. The smallest absolute Gasteiger partial charge is 0.253 e. The second kappa shape index (κ2) is 7.63. The number of halogens is 1. The molecule has 2 aromatic rings. The lowest BCUT2D eigenvalue weighted by Crippen LogP contribution is -2.52. The molecule has 1 spiro atoms. The van der Waals surface area contributed by atoms with E-state index < -0.39 is 0 Å². The number of carbonyl (C=O) groups excluding carboxylic acids is 1. The fraction of sp³-hybridized carbons (Fsp3) is 0.409. The van der Waals surface area contributed by atoms with Crippen molar-refractivity contribution in [1.82, 2.24) is 4.90 Å². The summed E-state index contributed by atoms with van der Waals surface area (Å²) in [6, 6.07) is 17.1. The summed E-state index contributed by atoms with van der Waals surface area (Å²) in [6.07, 6.45) is 2.29. The molecule has 2 aliphatic heterocycles. The first kappa shape index (κ1) is 18.5. The minimum absolute atomic E-state index is 0.0254. The van der Waals surface area contributed by atoms with Crippen molar-refractivity contribution < 1.29 is 14.6 Å². The molecule has 2 fully saturated rings. The van der Waals surface area contributed by atoms with Gasteiger partial charge in [-0.2, -0.15) is 0 Å². The number of aliphatic hydroxyl groups is 1. The number of hydrogen-bond acceptors (Lipinski definition) is 3. The molecular formula is C22H24ClNO3. The Balaban J connectivity index is 1.44. The van der Waals surface area contributed by atoms with Crippen LogP contribution >= 0.6 is 11.6 Å². The van der Waals surface area contributed by atoms with Crippen LogP contribution in [0.4, 0.5) is 0 Å². The molecule has 2 heterocycles. The van der Waals surface area contributed by atoms with E-state index in [4.69, 9.17) is 16.3 Å². The minimum Gasteiger partial charge on any atom is -0.393 e. The monoisotopic (exact) mass is 385 g/mol. The van der Waals surface area contributed by atoms with E-state index in [1.807, 2.05) is 23.1 Å². The second-order valence-corrected chi connectivity index (χ2v) is 8.03. The number of aliphatic hydroxyl groups excluding tert-OH is 1. The highest BCUT2D eigenvalue weighted by Crippen LogP contribution is 2.43. The van der Waals surface area contributed by atoms with Crippen LogP contribution in [-0.4, -0.2) is 40.7 Å². The Morgan fingerprint density at radius 1 is 1.07 bits per heavy atom. The molecule has 4 rings (SSSR count). The van der Waals surface area contributed by atoms with E-state index in [1.54, 1.807) is 24.3 Å². The van der Waals surface area contributed by atoms with Crippen LogP contribution in [0.2, 0.25) is 5.02 Å². The summed E-state index contributed by atoms with van der Waals surface area (Å²) >= 11 is 5.91. The third kappa shape index (κ3) is 4.03. The third-order valence-corrected chi connectivity index (χ3v) is 5.96. The number of likely N-dealkylation sites (tertiary alicyclic amines) is 1. The number of nitrogens with zero attached hydrogens (tertiary/aromatic N) is 1. The largest absolute Gasteiger partial charge is 0.393 e. The molecule has 2 saturated heterocycles. The van der Waals surface area contributed by atoms with Crippen LogP contribution in [0, 0.1) is 0 Å². The average Bonchev–Trinajstić information content (AvgIpc) is 2.69. The zero-order valence-electron chi connectivity index (χ0n) is 15.2. The number of piperidine rings is 1. The van der Waals surface area contributed by atoms with Gasteiger partial charge in [0.05, 0.1) is 17.8 Å². The molecule has 0 aliphatic carbocycles. The Hall–Kier alpha value is -1.88. The van der Waals surface area contributed by atoms with Gasteiger partial charge < -0.3 is 14.7 Å². The SMILES string of the molecule is O=C(c1ccc(Cl)cc1)N1CCC2(CC1)C[C@H](O)C[C@H](c1ccccc1)O2. The van der Waals surface area contributed by atoms with Crippen LogP contribution in [0.1, 0.15) is 47.7 Å². The van der Waals surface area contributed by atoms with Gasteiger partial charge in [-0.05, 0) is 42.7 Å². The maximum absolute atomic E-state index is 12.7. The highest BCUT2D eigenvalue weighted by atomic mass is 35.5. The number of benzene rings is 2. The van der Waals surface area contributed by atoms with E-state index in [-0.39, 0.29) is 23.7 Å². The van der Waals surface area contributed by atoms with Gasteiger partial charge in [-0.1, -0.05) is 41.9 Å². The fourth-order valence-corrected chi connectivity index (χ4v) is 4.37. The van der Waals surface area contributed by atoms with Gasteiger partial charge in [-0.3, -0.25) is 4.79 Å². The van der Waals surface area contributed by atoms with E-state index >= 15 is 0 Å². The molecule has 0 radical (unpaired) electrons. The van der Waals surface area contributed by atoms with Crippen LogP contribution in [0.25, 0.3) is 0 Å². The van der Waals surface area contributed by atoms with Gasteiger partial charge in [-0.25, -0.2) is 0 Å². The first-order chi connectivity index (χ1) is 13.0. The van der Waals surface area contributed by atoms with Crippen molar-refractivity contribution in [2.75, 3.05) is 13.1 Å². The van der Waals surface area contributed by atoms with Gasteiger partial charge in [-0.15, -0.1) is 0 Å². The highest BCUT2D eigenvalue weighted by molar-refractivity contribution is 6.30. The summed E-state index contributed by atoms with van der Waals surface area (Å²) in [5.74, 6) is 0.0254. The van der Waals surface area contributed by atoms with E-state index in [0.29, 0.717) is 36.5 Å². The lowest BCUT2D eigenvalue weighted by atomic mass is 9.81. The Morgan fingerprint density at radius 2 is 1.74 bits per heavy atom. The molecule has 1 N–H and O–H groups in total. The van der Waals surface area contributed by atoms with E-state index in [1.165, 1.54) is 0 Å². The van der Waals surface area contributed by atoms with Crippen LogP contribution in [0.3, 0.4) is 0 Å². The van der Waals surface area contributed by atoms with Crippen LogP contribution in [-0.2, 0) is 4.74 Å². The van der Waals surface area contributed by atoms with Crippen molar-refractivity contribution in [2.24, 2.45) is 0 Å². The Bertz CT molecular complexity index is 785. The number of carbonyl (C=O) groups is 1. The maximum Gasteiger partial charge on any atom is 0.253 e. The quantitative estimate of drug-likeness (QED) is 0.841. The molecule has 27 heavy (non-hydrogen) atoms. The zero-order valence-corrected chi connectivity index (χ0v) is 15.9. The van der Waals surface area contributed by atoms with Crippen molar-refractivity contribution in [3.05, 3.63) is 70.7 Å². The number of amides is 1. The predicted octanol–water partition coefficient (Wildman–Crippen LogP) is 4.23. The summed E-state index contributed by atoms with van der Waals surface area (Å²) in [7, 11) is 0. The van der Waals surface area contributed by atoms with Gasteiger partial charge in [0.25, 0.3) is 5.91 Å². The first-order valence-electron chi connectivity index (χ1n) is 9.50. The van der Waals surface area contributed by atoms with Gasteiger partial charge in [0.15, 0.2) is 0 Å². The number of hydrogen-bond donors (Lipinski definition) is 1. The van der Waals surface area contributed by atoms with Crippen molar-refractivity contribution in [3.8, 4) is 0 Å². The molecule has 2 aromatic carbocycles. The first-order valence-corrected chi connectivity index (χ1v) is 9.88. The second-order valence-electron chi connectivity index (χ2n) is 7.59. The van der Waals surface area contributed by atoms with Crippen LogP contribution in [0.15, 0.2) is 54.6 Å². The Kier molecular flexibility index (Phi) is 5.22. The molecule has 0 aromatic heterocycles. The predicted molar refractivity (Wildman–Crippen MR) is 105 cm³/mol. The molecule has 5 heteroatoms. The lowest BCUT2D eigenvalue weighted by Gasteiger charge is -2.48. The van der Waals surface area contributed by atoms with Gasteiger partial charge in [0.2, 0.25) is 0 Å². The normalized spacial score (nSPS) is 24.7. The van der Waals surface area contributed by atoms with E-state index in [0.717, 1.165) is 18.4 Å². The summed E-state index contributed by atoms with van der Waals surface area (Å²) in [6.45, 7) is 1.27. The molecule has 0 bridgehead atoms. The molecule has 0 unspecified atom stereocenters. The molecule has 4 nitrogen and oxygen atoms in total. The lowest BCUT2D eigenvalue weighted by molar-refractivity contribution is -0.181. The van der Waals surface area contributed by atoms with Gasteiger partial charge >= 0.3 is 0 Å². The standard InChI is InChI=1S/C22H24ClNO3/c23-18-8-6-17(7-9-18)21(26)24-12-10-22(11-13-24)15-19(25)14-20(27-22)16-4-2-1-3-5-16/h1-9,19-20,25H,10-15H2/t19-,20-/m1/s1. The van der Waals surface area contributed by atoms with Crippen molar-refractivity contribution >= 4 is 17.5 Å². The van der Waals surface area contributed by atoms with Crippen molar-refractivity contribution in [2.45, 2.75) is 43.5 Å². The minimum atomic E-state index is -0.373. The molecule has 0 saturated carbocycles. The molecule has 2 atom stereocenters. The fourth-order valence-electron chi connectivity index (χ4n) is 4.24. The Labute approximate surface area is 164 Å². The van der Waals surface area contributed by atoms with Gasteiger partial charge in [0.1, 0.15) is 0 Å². The van der Waals surface area contributed by atoms with Crippen molar-refractivity contribution in [3.63, 3.8) is 0 Å². The zero-order chi connectivity index (χ0) is 18.9. The molecule has 142 valence electrons.